The fourth-order valence-electron chi connectivity index (χ4n) is 2.48. The van der Waals surface area contributed by atoms with Gasteiger partial charge >= 0.3 is 5.97 Å². The third-order valence-electron chi connectivity index (χ3n) is 4.14. The summed E-state index contributed by atoms with van der Waals surface area (Å²) in [5.74, 6) is -3.23. The molecule has 0 aromatic rings. The number of aliphatic carboxylic acids is 1. The average Bonchev–Trinajstić information content (AvgIpc) is 2.68. The van der Waals surface area contributed by atoms with Crippen molar-refractivity contribution < 1.29 is 24.3 Å². The summed E-state index contributed by atoms with van der Waals surface area (Å²) in [6, 6.07) is -3.10. The summed E-state index contributed by atoms with van der Waals surface area (Å²) in [5, 5.41) is 26.4. The van der Waals surface area contributed by atoms with Crippen LogP contribution in [0.25, 0.3) is 0 Å². The van der Waals surface area contributed by atoms with Crippen LogP contribution in [0.5, 0.6) is 0 Å². The summed E-state index contributed by atoms with van der Waals surface area (Å²) >= 11 is 0. The monoisotopic (exact) mass is 430 g/mol. The van der Waals surface area contributed by atoms with Crippen molar-refractivity contribution in [3.05, 3.63) is 0 Å². The summed E-state index contributed by atoms with van der Waals surface area (Å²) in [6.45, 7) is 1.84. The van der Waals surface area contributed by atoms with Crippen molar-refractivity contribution in [3.63, 3.8) is 0 Å². The molecule has 0 fully saturated rings. The Morgan fingerprint density at radius 2 is 1.53 bits per heavy atom. The van der Waals surface area contributed by atoms with Crippen LogP contribution in [0.1, 0.15) is 39.0 Å². The maximum absolute atomic E-state index is 12.6. The summed E-state index contributed by atoms with van der Waals surface area (Å²) in [7, 11) is 0. The van der Waals surface area contributed by atoms with Crippen LogP contribution in [-0.2, 0) is 19.2 Å². The molecule has 172 valence electrons. The van der Waals surface area contributed by atoms with Crippen LogP contribution in [0.3, 0.4) is 0 Å². The van der Waals surface area contributed by atoms with E-state index in [-0.39, 0.29) is 31.9 Å². The van der Waals surface area contributed by atoms with Crippen LogP contribution in [0.4, 0.5) is 0 Å². The molecule has 12 N–H and O–H groups in total. The second kappa shape index (κ2) is 15.0. The molecule has 0 aliphatic heterocycles. The fraction of sp³-hybridized carbons (Fsp3) is 0.706. The first kappa shape index (κ1) is 27.1. The third kappa shape index (κ3) is 11.8. The maximum atomic E-state index is 12.6. The second-order valence-electron chi connectivity index (χ2n) is 6.72. The van der Waals surface area contributed by atoms with E-state index in [1.165, 1.54) is 6.92 Å². The molecular weight excluding hydrogens is 396 g/mol. The summed E-state index contributed by atoms with van der Waals surface area (Å²) in [4.78, 5) is 47.8. The third-order valence-corrected chi connectivity index (χ3v) is 4.14. The second-order valence-corrected chi connectivity index (χ2v) is 6.72. The van der Waals surface area contributed by atoms with Crippen molar-refractivity contribution in [2.24, 2.45) is 17.2 Å². The van der Waals surface area contributed by atoms with Gasteiger partial charge in [-0.15, -0.1) is 0 Å². The summed E-state index contributed by atoms with van der Waals surface area (Å²) in [6.07, 6.45) is 1.87. The Labute approximate surface area is 175 Å². The van der Waals surface area contributed by atoms with Crippen molar-refractivity contribution in [1.82, 2.24) is 21.3 Å². The molecule has 0 aliphatic rings. The fourth-order valence-corrected chi connectivity index (χ4v) is 2.48. The van der Waals surface area contributed by atoms with Crippen LogP contribution in [0.15, 0.2) is 0 Å². The van der Waals surface area contributed by atoms with Gasteiger partial charge in [0.25, 0.3) is 0 Å². The quantitative estimate of drug-likeness (QED) is 0.0724. The van der Waals surface area contributed by atoms with E-state index in [9.17, 15) is 24.3 Å². The zero-order valence-electron chi connectivity index (χ0n) is 17.2. The highest BCUT2D eigenvalue weighted by Crippen LogP contribution is 2.04. The van der Waals surface area contributed by atoms with Gasteiger partial charge in [0.05, 0.1) is 6.54 Å². The molecule has 13 heteroatoms. The number of amides is 3. The number of nitrogens with one attached hydrogen (secondary N) is 5. The number of hydrogen-bond donors (Lipinski definition) is 9. The lowest BCUT2D eigenvalue weighted by Crippen LogP contribution is -2.55. The van der Waals surface area contributed by atoms with Crippen molar-refractivity contribution in [2.75, 3.05) is 19.6 Å². The van der Waals surface area contributed by atoms with E-state index in [4.69, 9.17) is 22.6 Å². The summed E-state index contributed by atoms with van der Waals surface area (Å²) in [5.41, 5.74) is 15.8. The highest BCUT2D eigenvalue weighted by molar-refractivity contribution is 5.93. The Morgan fingerprint density at radius 1 is 0.933 bits per heavy atom. The van der Waals surface area contributed by atoms with Crippen LogP contribution in [0.2, 0.25) is 0 Å². The minimum atomic E-state index is -1.19. The van der Waals surface area contributed by atoms with Gasteiger partial charge in [0.2, 0.25) is 17.7 Å². The maximum Gasteiger partial charge on any atom is 0.326 e. The van der Waals surface area contributed by atoms with E-state index >= 15 is 0 Å². The standard InChI is InChI=1S/C17H34N8O5/c1-10(23-13(26)9-19)14(27)24-11(6-4-8-22-17(20)21)15(28)25-12(16(29)30)5-2-3-7-18/h10-12H,2-9,18-19H2,1H3,(H,23,26)(H,24,27)(H,25,28)(H,29,30)(H4,20,21,22)/t10-,11-,12-/m0/s1. The lowest BCUT2D eigenvalue weighted by Gasteiger charge is -2.23. The topological polar surface area (TPSA) is 239 Å². The zero-order valence-corrected chi connectivity index (χ0v) is 17.2. The average molecular weight is 431 g/mol. The number of nitrogens with two attached hydrogens (primary N) is 3. The Kier molecular flexibility index (Phi) is 13.5. The molecule has 0 saturated carbocycles. The van der Waals surface area contributed by atoms with Gasteiger partial charge in [-0.3, -0.25) is 19.8 Å². The largest absolute Gasteiger partial charge is 0.480 e. The molecule has 0 unspecified atom stereocenters. The Balaban J connectivity index is 5.07. The molecule has 0 radical (unpaired) electrons. The van der Waals surface area contributed by atoms with E-state index in [0.717, 1.165) is 0 Å². The van der Waals surface area contributed by atoms with Crippen LogP contribution >= 0.6 is 0 Å². The van der Waals surface area contributed by atoms with Gasteiger partial charge < -0.3 is 43.6 Å². The highest BCUT2D eigenvalue weighted by Gasteiger charge is 2.27. The van der Waals surface area contributed by atoms with Crippen molar-refractivity contribution in [2.45, 2.75) is 57.2 Å². The van der Waals surface area contributed by atoms with Gasteiger partial charge in [-0.2, -0.15) is 0 Å². The number of unbranched alkanes of at least 4 members (excludes halogenated alkanes) is 1. The molecule has 0 aromatic carbocycles. The van der Waals surface area contributed by atoms with Gasteiger partial charge in [0.15, 0.2) is 5.96 Å². The molecule has 30 heavy (non-hydrogen) atoms. The van der Waals surface area contributed by atoms with Crippen molar-refractivity contribution in [3.8, 4) is 0 Å². The number of guanidine groups is 1. The first-order chi connectivity index (χ1) is 14.1. The lowest BCUT2D eigenvalue weighted by atomic mass is 10.1. The van der Waals surface area contributed by atoms with Crippen molar-refractivity contribution in [1.29, 1.82) is 5.41 Å². The molecule has 0 bridgehead atoms. The molecule has 13 nitrogen and oxygen atoms in total. The smallest absolute Gasteiger partial charge is 0.326 e. The zero-order chi connectivity index (χ0) is 23.1. The number of carboxylic acid groups (broad SMARTS) is 1. The van der Waals surface area contributed by atoms with E-state index < -0.39 is 41.8 Å². The van der Waals surface area contributed by atoms with Gasteiger partial charge in [0.1, 0.15) is 18.1 Å². The van der Waals surface area contributed by atoms with Crippen LogP contribution in [0, 0.1) is 5.41 Å². The number of carbonyl (C=O) groups excluding carboxylic acids is 3. The van der Waals surface area contributed by atoms with Gasteiger partial charge in [-0.25, -0.2) is 4.79 Å². The molecule has 0 rings (SSSR count). The van der Waals surface area contributed by atoms with E-state index in [1.807, 2.05) is 0 Å². The lowest BCUT2D eigenvalue weighted by molar-refractivity contribution is -0.142. The Bertz CT molecular complexity index is 601. The normalized spacial score (nSPS) is 13.4. The van der Waals surface area contributed by atoms with Gasteiger partial charge in [0, 0.05) is 6.54 Å². The minimum Gasteiger partial charge on any atom is -0.480 e. The van der Waals surface area contributed by atoms with Gasteiger partial charge in [-0.05, 0) is 45.6 Å². The van der Waals surface area contributed by atoms with Gasteiger partial charge in [-0.1, -0.05) is 0 Å². The molecule has 0 aliphatic carbocycles. The molecule has 0 heterocycles. The first-order valence-corrected chi connectivity index (χ1v) is 9.73. The predicted octanol–water partition coefficient (Wildman–Crippen LogP) is -3.10. The minimum absolute atomic E-state index is 0.157. The molecular formula is C17H34N8O5. The summed E-state index contributed by atoms with van der Waals surface area (Å²) < 4.78 is 0. The van der Waals surface area contributed by atoms with E-state index in [2.05, 4.69) is 21.3 Å². The number of carboxylic acids is 1. The number of hydrogen-bond acceptors (Lipinski definition) is 7. The molecule has 0 saturated heterocycles. The Morgan fingerprint density at radius 3 is 2.07 bits per heavy atom. The van der Waals surface area contributed by atoms with E-state index in [0.29, 0.717) is 25.8 Å². The predicted molar refractivity (Wildman–Crippen MR) is 110 cm³/mol. The number of carbonyl (C=O) groups is 4. The first-order valence-electron chi connectivity index (χ1n) is 9.73. The number of rotatable bonds is 15. The molecule has 0 spiro atoms. The van der Waals surface area contributed by atoms with Crippen LogP contribution < -0.4 is 38.5 Å². The molecule has 0 aromatic heterocycles. The Hall–Kier alpha value is -2.93. The van der Waals surface area contributed by atoms with E-state index in [1.54, 1.807) is 0 Å². The molecule has 3 atom stereocenters. The highest BCUT2D eigenvalue weighted by atomic mass is 16.4. The SMILES string of the molecule is C[C@H](NC(=O)CN)C(=O)N[C@@H](CCCNC(=N)N)C(=O)N[C@@H](CCCCN)C(=O)O. The van der Waals surface area contributed by atoms with Crippen LogP contribution in [-0.4, -0.2) is 72.5 Å². The molecule has 3 amide bonds. The van der Waals surface area contributed by atoms with Crippen molar-refractivity contribution >= 4 is 29.7 Å².